The van der Waals surface area contributed by atoms with Crippen molar-refractivity contribution in [3.05, 3.63) is 41.2 Å². The Bertz CT molecular complexity index is 363. The molecule has 0 saturated carbocycles. The van der Waals surface area contributed by atoms with Crippen LogP contribution in [0.5, 0.6) is 0 Å². The third-order valence-corrected chi connectivity index (χ3v) is 1.63. The summed E-state index contributed by atoms with van der Waals surface area (Å²) in [5, 5.41) is 0. The Morgan fingerprint density at radius 3 is 2.69 bits per heavy atom. The summed E-state index contributed by atoms with van der Waals surface area (Å²) >= 11 is 0. The number of carbonyl (C=O) groups is 1. The van der Waals surface area contributed by atoms with Crippen LogP contribution in [0.25, 0.3) is 4.85 Å². The summed E-state index contributed by atoms with van der Waals surface area (Å²) in [5.74, 6) is -0.0782. The van der Waals surface area contributed by atoms with E-state index in [0.717, 1.165) is 0 Å². The van der Waals surface area contributed by atoms with E-state index in [0.29, 0.717) is 11.3 Å². The van der Waals surface area contributed by atoms with Crippen LogP contribution < -0.4 is 0 Å². The number of benzene rings is 1. The lowest BCUT2D eigenvalue weighted by molar-refractivity contribution is 0.0827. The molecule has 3 nitrogen and oxygen atoms in total. The van der Waals surface area contributed by atoms with Gasteiger partial charge in [-0.1, -0.05) is 18.2 Å². The summed E-state index contributed by atoms with van der Waals surface area (Å²) in [7, 11) is 3.37. The van der Waals surface area contributed by atoms with Crippen LogP contribution in [0.1, 0.15) is 10.4 Å². The minimum atomic E-state index is -0.0782. The molecule has 0 bridgehead atoms. The Kier molecular flexibility index (Phi) is 2.65. The first-order chi connectivity index (χ1) is 6.15. The largest absolute Gasteiger partial charge is 0.345 e. The normalized spacial score (nSPS) is 9.00. The van der Waals surface area contributed by atoms with Crippen LogP contribution in [-0.2, 0) is 0 Å². The van der Waals surface area contributed by atoms with E-state index in [1.54, 1.807) is 38.4 Å². The van der Waals surface area contributed by atoms with Crippen LogP contribution in [0.3, 0.4) is 0 Å². The molecule has 66 valence electrons. The second-order valence-electron chi connectivity index (χ2n) is 2.86. The number of amides is 1. The lowest BCUT2D eigenvalue weighted by atomic mass is 10.2. The zero-order chi connectivity index (χ0) is 9.84. The van der Waals surface area contributed by atoms with Crippen LogP contribution in [-0.4, -0.2) is 24.9 Å². The predicted molar refractivity (Wildman–Crippen MR) is 50.7 cm³/mol. The van der Waals surface area contributed by atoms with E-state index >= 15 is 0 Å². The van der Waals surface area contributed by atoms with Crippen molar-refractivity contribution in [1.29, 1.82) is 0 Å². The van der Waals surface area contributed by atoms with Gasteiger partial charge in [0.1, 0.15) is 0 Å². The highest BCUT2D eigenvalue weighted by Gasteiger charge is 2.07. The molecule has 0 saturated heterocycles. The van der Waals surface area contributed by atoms with Gasteiger partial charge in [0.2, 0.25) is 0 Å². The van der Waals surface area contributed by atoms with Crippen molar-refractivity contribution in [2.45, 2.75) is 0 Å². The van der Waals surface area contributed by atoms with Gasteiger partial charge in [-0.2, -0.15) is 0 Å². The van der Waals surface area contributed by atoms with E-state index in [1.165, 1.54) is 4.90 Å². The highest BCUT2D eigenvalue weighted by atomic mass is 16.2. The summed E-state index contributed by atoms with van der Waals surface area (Å²) in [6, 6.07) is 6.69. The van der Waals surface area contributed by atoms with Gasteiger partial charge in [-0.15, -0.1) is 0 Å². The Balaban J connectivity index is 3.04. The molecule has 1 rings (SSSR count). The van der Waals surface area contributed by atoms with Crippen molar-refractivity contribution in [3.8, 4) is 0 Å². The number of rotatable bonds is 1. The summed E-state index contributed by atoms with van der Waals surface area (Å²) < 4.78 is 0. The maximum Gasteiger partial charge on any atom is 0.252 e. The van der Waals surface area contributed by atoms with Gasteiger partial charge in [0.25, 0.3) is 5.91 Å². The molecule has 0 spiro atoms. The quantitative estimate of drug-likeness (QED) is 0.597. The zero-order valence-corrected chi connectivity index (χ0v) is 7.61. The lowest BCUT2D eigenvalue weighted by Crippen LogP contribution is -2.21. The molecule has 0 N–H and O–H groups in total. The van der Waals surface area contributed by atoms with Gasteiger partial charge in [-0.3, -0.25) is 4.79 Å². The molecule has 1 amide bonds. The van der Waals surface area contributed by atoms with E-state index < -0.39 is 0 Å². The molecular formula is C10H10N2O. The van der Waals surface area contributed by atoms with Crippen molar-refractivity contribution >= 4 is 11.6 Å². The first-order valence-electron chi connectivity index (χ1n) is 3.84. The SMILES string of the molecule is [C-]#[N+]c1cccc(C(=O)N(C)C)c1. The summed E-state index contributed by atoms with van der Waals surface area (Å²) in [6.45, 7) is 6.79. The van der Waals surface area contributed by atoms with Gasteiger partial charge in [-0.25, -0.2) is 4.85 Å². The van der Waals surface area contributed by atoms with E-state index in [9.17, 15) is 4.79 Å². The van der Waals surface area contributed by atoms with Crippen LogP contribution >= 0.6 is 0 Å². The molecule has 1 aromatic rings. The third kappa shape index (κ3) is 2.06. The van der Waals surface area contributed by atoms with Gasteiger partial charge >= 0.3 is 0 Å². The average Bonchev–Trinajstić information content (AvgIpc) is 2.16. The third-order valence-electron chi connectivity index (χ3n) is 1.63. The minimum Gasteiger partial charge on any atom is -0.345 e. The van der Waals surface area contributed by atoms with E-state index in [1.807, 2.05) is 0 Å². The molecule has 0 aliphatic carbocycles. The smallest absolute Gasteiger partial charge is 0.252 e. The molecule has 3 heteroatoms. The molecule has 1 aromatic carbocycles. The molecule has 0 heterocycles. The van der Waals surface area contributed by atoms with Gasteiger partial charge in [0.05, 0.1) is 6.57 Å². The monoisotopic (exact) mass is 174 g/mol. The maximum absolute atomic E-state index is 11.4. The molecule has 0 unspecified atom stereocenters. The molecule has 0 aliphatic heterocycles. The summed E-state index contributed by atoms with van der Waals surface area (Å²) in [5.41, 5.74) is 1.05. The number of nitrogens with zero attached hydrogens (tertiary/aromatic N) is 2. The zero-order valence-electron chi connectivity index (χ0n) is 7.61. The van der Waals surface area contributed by atoms with E-state index in [2.05, 4.69) is 4.85 Å². The summed E-state index contributed by atoms with van der Waals surface area (Å²) in [6.07, 6.45) is 0. The van der Waals surface area contributed by atoms with Gasteiger partial charge in [0, 0.05) is 19.7 Å². The van der Waals surface area contributed by atoms with Gasteiger partial charge in [-0.05, 0) is 6.07 Å². The van der Waals surface area contributed by atoms with Crippen molar-refractivity contribution in [1.82, 2.24) is 4.90 Å². The number of carbonyl (C=O) groups excluding carboxylic acids is 1. The fraction of sp³-hybridized carbons (Fsp3) is 0.200. The number of hydrogen-bond donors (Lipinski definition) is 0. The average molecular weight is 174 g/mol. The second-order valence-corrected chi connectivity index (χ2v) is 2.86. The topological polar surface area (TPSA) is 24.7 Å². The summed E-state index contributed by atoms with van der Waals surface area (Å²) in [4.78, 5) is 16.2. The molecule has 13 heavy (non-hydrogen) atoms. The van der Waals surface area contributed by atoms with Crippen molar-refractivity contribution in [3.63, 3.8) is 0 Å². The molecular weight excluding hydrogens is 164 g/mol. The lowest BCUT2D eigenvalue weighted by Gasteiger charge is -2.09. The number of hydrogen-bond acceptors (Lipinski definition) is 1. The van der Waals surface area contributed by atoms with E-state index in [4.69, 9.17) is 6.57 Å². The van der Waals surface area contributed by atoms with Gasteiger partial charge < -0.3 is 4.90 Å². The van der Waals surface area contributed by atoms with Crippen molar-refractivity contribution in [2.75, 3.05) is 14.1 Å². The second kappa shape index (κ2) is 3.72. The minimum absolute atomic E-state index is 0.0782. The Labute approximate surface area is 77.4 Å². The van der Waals surface area contributed by atoms with Crippen LogP contribution in [0.4, 0.5) is 5.69 Å². The highest BCUT2D eigenvalue weighted by Crippen LogP contribution is 2.14. The fourth-order valence-corrected chi connectivity index (χ4v) is 0.967. The van der Waals surface area contributed by atoms with Crippen LogP contribution in [0, 0.1) is 6.57 Å². The Hall–Kier alpha value is -1.82. The van der Waals surface area contributed by atoms with E-state index in [-0.39, 0.29) is 5.91 Å². The molecule has 0 aromatic heterocycles. The Morgan fingerprint density at radius 1 is 1.46 bits per heavy atom. The highest BCUT2D eigenvalue weighted by molar-refractivity contribution is 5.94. The van der Waals surface area contributed by atoms with Crippen molar-refractivity contribution in [2.24, 2.45) is 0 Å². The molecule has 0 atom stereocenters. The predicted octanol–water partition coefficient (Wildman–Crippen LogP) is 1.94. The van der Waals surface area contributed by atoms with Crippen molar-refractivity contribution < 1.29 is 4.79 Å². The standard InChI is InChI=1S/C10H10N2O/c1-11-9-6-4-5-8(7-9)10(13)12(2)3/h4-7H,2-3H3. The Morgan fingerprint density at radius 2 is 2.15 bits per heavy atom. The van der Waals surface area contributed by atoms with Crippen LogP contribution in [0.15, 0.2) is 24.3 Å². The first-order valence-corrected chi connectivity index (χ1v) is 3.84. The van der Waals surface area contributed by atoms with Gasteiger partial charge in [0.15, 0.2) is 5.69 Å². The fourth-order valence-electron chi connectivity index (χ4n) is 0.967. The maximum atomic E-state index is 11.4. The first kappa shape index (κ1) is 9.27. The molecule has 0 fully saturated rings. The molecule has 0 radical (unpaired) electrons. The molecule has 0 aliphatic rings. The van der Waals surface area contributed by atoms with Crippen LogP contribution in [0.2, 0.25) is 0 Å².